The molecule has 7 heteroatoms. The number of piperidine rings is 1. The number of para-hydroxylation sites is 1. The van der Waals surface area contributed by atoms with E-state index in [1.165, 1.54) is 0 Å². The largest absolute Gasteiger partial charge is 0.405 e. The maximum atomic E-state index is 12.2. The normalized spacial score (nSPS) is 19.5. The second-order valence-corrected chi connectivity index (χ2v) is 6.19. The van der Waals surface area contributed by atoms with Crippen molar-refractivity contribution in [3.05, 3.63) is 36.0 Å². The van der Waals surface area contributed by atoms with E-state index >= 15 is 0 Å². The summed E-state index contributed by atoms with van der Waals surface area (Å²) in [6.07, 6.45) is -1.50. The van der Waals surface area contributed by atoms with Crippen LogP contribution < -0.4 is 5.32 Å². The lowest BCUT2D eigenvalue weighted by atomic mass is 9.99. The zero-order valence-corrected chi connectivity index (χ0v) is 13.2. The highest BCUT2D eigenvalue weighted by Gasteiger charge is 2.30. The Labute approximate surface area is 138 Å². The average molecular weight is 339 g/mol. The van der Waals surface area contributed by atoms with Crippen molar-refractivity contribution in [2.45, 2.75) is 31.5 Å². The number of H-pyrrole nitrogens is 1. The lowest BCUT2D eigenvalue weighted by molar-refractivity contribution is -0.139. The predicted molar refractivity (Wildman–Crippen MR) is 85.5 cm³/mol. The highest BCUT2D eigenvalue weighted by molar-refractivity contribution is 5.80. The molecule has 1 fully saturated rings. The molecule has 0 bridgehead atoms. The fourth-order valence-corrected chi connectivity index (χ4v) is 3.25. The molecule has 1 aromatic carbocycles. The number of hydrogen-bond acceptors (Lipinski definition) is 2. The van der Waals surface area contributed by atoms with Gasteiger partial charge in [-0.25, -0.2) is 0 Å². The van der Waals surface area contributed by atoms with Gasteiger partial charge in [-0.1, -0.05) is 24.6 Å². The number of alkyl halides is 3. The summed E-state index contributed by atoms with van der Waals surface area (Å²) >= 11 is 0. The number of rotatable bonds is 4. The van der Waals surface area contributed by atoms with Gasteiger partial charge < -0.3 is 10.3 Å². The summed E-state index contributed by atoms with van der Waals surface area (Å²) in [5.74, 6) is -0.588. The Morgan fingerprint density at radius 2 is 2.08 bits per heavy atom. The molecule has 24 heavy (non-hydrogen) atoms. The highest BCUT2D eigenvalue weighted by atomic mass is 19.4. The number of aromatic amines is 1. The van der Waals surface area contributed by atoms with Crippen molar-refractivity contribution in [1.29, 1.82) is 0 Å². The first-order valence-electron chi connectivity index (χ1n) is 8.07. The molecule has 4 nitrogen and oxygen atoms in total. The Morgan fingerprint density at radius 3 is 2.83 bits per heavy atom. The molecule has 2 N–H and O–H groups in total. The number of fused-ring (bicyclic) bond motifs is 1. The number of amides is 1. The van der Waals surface area contributed by atoms with Crippen LogP contribution in [-0.4, -0.2) is 41.6 Å². The maximum absolute atomic E-state index is 12.2. The van der Waals surface area contributed by atoms with Gasteiger partial charge in [-0.15, -0.1) is 0 Å². The molecule has 1 aliphatic heterocycles. The minimum Gasteiger partial charge on any atom is -0.357 e. The molecule has 3 rings (SSSR count). The van der Waals surface area contributed by atoms with Crippen molar-refractivity contribution in [1.82, 2.24) is 15.2 Å². The van der Waals surface area contributed by atoms with Gasteiger partial charge in [0.1, 0.15) is 6.54 Å². The molecular weight excluding hydrogens is 319 g/mol. The Kier molecular flexibility index (Phi) is 4.80. The van der Waals surface area contributed by atoms with Crippen molar-refractivity contribution in [3.8, 4) is 0 Å². The number of benzene rings is 1. The van der Waals surface area contributed by atoms with Gasteiger partial charge in [-0.05, 0) is 36.9 Å². The third kappa shape index (κ3) is 4.08. The first-order valence-corrected chi connectivity index (χ1v) is 8.07. The van der Waals surface area contributed by atoms with Gasteiger partial charge >= 0.3 is 6.18 Å². The van der Waals surface area contributed by atoms with Crippen LogP contribution in [0, 0.1) is 0 Å². The molecule has 1 saturated heterocycles. The van der Waals surface area contributed by atoms with Gasteiger partial charge in [0, 0.05) is 11.2 Å². The zero-order chi connectivity index (χ0) is 17.2. The Bertz CT molecular complexity index is 677. The second-order valence-electron chi connectivity index (χ2n) is 6.19. The van der Waals surface area contributed by atoms with Crippen LogP contribution in [0.4, 0.5) is 13.2 Å². The predicted octanol–water partition coefficient (Wildman–Crippen LogP) is 3.37. The van der Waals surface area contributed by atoms with E-state index in [-0.39, 0.29) is 12.6 Å². The van der Waals surface area contributed by atoms with Crippen LogP contribution in [0.2, 0.25) is 0 Å². The van der Waals surface area contributed by atoms with E-state index in [4.69, 9.17) is 0 Å². The number of nitrogens with zero attached hydrogens (tertiary/aromatic N) is 1. The van der Waals surface area contributed by atoms with Crippen LogP contribution in [0.25, 0.3) is 10.9 Å². The summed E-state index contributed by atoms with van der Waals surface area (Å²) in [6.45, 7) is -0.591. The monoisotopic (exact) mass is 339 g/mol. The van der Waals surface area contributed by atoms with E-state index in [2.05, 4.69) is 11.1 Å². The third-order valence-electron chi connectivity index (χ3n) is 4.36. The minimum atomic E-state index is -4.38. The van der Waals surface area contributed by atoms with Gasteiger partial charge in [-0.2, -0.15) is 13.2 Å². The standard InChI is InChI=1S/C17H20F3N3O/c18-17(19,20)11-21-16(24)10-23-8-4-3-7-15(23)14-9-12-5-1-2-6-13(12)22-14/h1-2,5-6,9,15,22H,3-4,7-8,10-11H2,(H,21,24)/t15-/m1/s1. The van der Waals surface area contributed by atoms with Crippen LogP contribution in [0.3, 0.4) is 0 Å². The van der Waals surface area contributed by atoms with Crippen molar-refractivity contribution >= 4 is 16.8 Å². The van der Waals surface area contributed by atoms with Gasteiger partial charge in [-0.3, -0.25) is 9.69 Å². The van der Waals surface area contributed by atoms with E-state index in [9.17, 15) is 18.0 Å². The average Bonchev–Trinajstić information content (AvgIpc) is 2.96. The minimum absolute atomic E-state index is 0.0177. The molecule has 0 unspecified atom stereocenters. The van der Waals surface area contributed by atoms with Crippen molar-refractivity contribution in [3.63, 3.8) is 0 Å². The van der Waals surface area contributed by atoms with Gasteiger partial charge in [0.05, 0.1) is 12.6 Å². The summed E-state index contributed by atoms with van der Waals surface area (Å²) in [5.41, 5.74) is 2.04. The molecular formula is C17H20F3N3O. The Hall–Kier alpha value is -2.02. The molecule has 130 valence electrons. The van der Waals surface area contributed by atoms with Crippen molar-refractivity contribution in [2.24, 2.45) is 0 Å². The summed E-state index contributed by atoms with van der Waals surface area (Å²) in [4.78, 5) is 17.2. The van der Waals surface area contributed by atoms with E-state index in [1.807, 2.05) is 34.5 Å². The van der Waals surface area contributed by atoms with Crippen molar-refractivity contribution < 1.29 is 18.0 Å². The summed E-state index contributed by atoms with van der Waals surface area (Å²) in [6, 6.07) is 10.0. The van der Waals surface area contributed by atoms with E-state index < -0.39 is 18.6 Å². The number of likely N-dealkylation sites (tertiary alicyclic amines) is 1. The molecule has 0 radical (unpaired) electrons. The second kappa shape index (κ2) is 6.84. The first-order chi connectivity index (χ1) is 11.4. The molecule has 0 saturated carbocycles. The van der Waals surface area contributed by atoms with Gasteiger partial charge in [0.15, 0.2) is 0 Å². The fourth-order valence-electron chi connectivity index (χ4n) is 3.25. The molecule has 1 atom stereocenters. The first kappa shape index (κ1) is 16.8. The Balaban J connectivity index is 1.70. The van der Waals surface area contributed by atoms with Crippen LogP contribution in [0.1, 0.15) is 31.0 Å². The van der Waals surface area contributed by atoms with Crippen LogP contribution in [0.15, 0.2) is 30.3 Å². The van der Waals surface area contributed by atoms with Gasteiger partial charge in [0.25, 0.3) is 0 Å². The Morgan fingerprint density at radius 1 is 1.29 bits per heavy atom. The smallest absolute Gasteiger partial charge is 0.357 e. The van der Waals surface area contributed by atoms with E-state index in [0.29, 0.717) is 6.54 Å². The maximum Gasteiger partial charge on any atom is 0.405 e. The number of aromatic nitrogens is 1. The molecule has 0 spiro atoms. The molecule has 1 amide bonds. The molecule has 2 heterocycles. The number of hydrogen-bond donors (Lipinski definition) is 2. The highest BCUT2D eigenvalue weighted by Crippen LogP contribution is 2.32. The third-order valence-corrected chi connectivity index (χ3v) is 4.36. The van der Waals surface area contributed by atoms with E-state index in [0.717, 1.165) is 35.9 Å². The molecule has 0 aliphatic carbocycles. The van der Waals surface area contributed by atoms with Crippen LogP contribution in [0.5, 0.6) is 0 Å². The SMILES string of the molecule is O=C(CN1CCCC[C@@H]1c1cc2ccccc2[nH]1)NCC(F)(F)F. The number of carbonyl (C=O) groups excluding carboxylic acids is 1. The molecule has 2 aromatic rings. The zero-order valence-electron chi connectivity index (χ0n) is 13.2. The molecule has 1 aromatic heterocycles. The lowest BCUT2D eigenvalue weighted by Crippen LogP contribution is -2.44. The van der Waals surface area contributed by atoms with Gasteiger partial charge in [0.2, 0.25) is 5.91 Å². The lowest BCUT2D eigenvalue weighted by Gasteiger charge is -2.34. The van der Waals surface area contributed by atoms with Crippen LogP contribution in [-0.2, 0) is 4.79 Å². The quantitative estimate of drug-likeness (QED) is 0.897. The number of halogens is 3. The van der Waals surface area contributed by atoms with Crippen LogP contribution >= 0.6 is 0 Å². The van der Waals surface area contributed by atoms with Crippen molar-refractivity contribution in [2.75, 3.05) is 19.6 Å². The summed E-state index contributed by atoms with van der Waals surface area (Å²) < 4.78 is 36.7. The summed E-state index contributed by atoms with van der Waals surface area (Å²) in [7, 11) is 0. The fraction of sp³-hybridized carbons (Fsp3) is 0.471. The number of carbonyl (C=O) groups is 1. The molecule has 1 aliphatic rings. The van der Waals surface area contributed by atoms with E-state index in [1.54, 1.807) is 0 Å². The number of nitrogens with one attached hydrogen (secondary N) is 2. The topological polar surface area (TPSA) is 48.1 Å². The summed E-state index contributed by atoms with van der Waals surface area (Å²) in [5, 5.41) is 3.05.